The molecular weight excluding hydrogens is 312 g/mol. The molecule has 1 aromatic rings. The van der Waals surface area contributed by atoms with Crippen LogP contribution in [-0.4, -0.2) is 28.5 Å². The SMILES string of the molecule is CC(C)(C)c1csc(CCNC(=O)C2CCC(C(=O)O)CC2)n1. The molecule has 0 aliphatic heterocycles. The maximum Gasteiger partial charge on any atom is 0.306 e. The molecule has 1 aliphatic rings. The lowest BCUT2D eigenvalue weighted by Gasteiger charge is -2.25. The number of hydrogen-bond acceptors (Lipinski definition) is 4. The van der Waals surface area contributed by atoms with Gasteiger partial charge in [0, 0.05) is 29.7 Å². The number of carboxylic acid groups (broad SMARTS) is 1. The van der Waals surface area contributed by atoms with Crippen molar-refractivity contribution in [2.75, 3.05) is 6.54 Å². The van der Waals surface area contributed by atoms with Crippen molar-refractivity contribution >= 4 is 23.2 Å². The first kappa shape index (κ1) is 17.9. The van der Waals surface area contributed by atoms with E-state index in [1.807, 2.05) is 0 Å². The number of aromatic nitrogens is 1. The second-order valence-corrected chi connectivity index (χ2v) is 8.25. The van der Waals surface area contributed by atoms with Crippen LogP contribution >= 0.6 is 11.3 Å². The topological polar surface area (TPSA) is 79.3 Å². The molecule has 23 heavy (non-hydrogen) atoms. The standard InChI is InChI=1S/C17H26N2O3S/c1-17(2,3)13-10-23-14(19-13)8-9-18-15(20)11-4-6-12(7-5-11)16(21)22/h10-12H,4-9H2,1-3H3,(H,18,20)(H,21,22). The molecule has 1 amide bonds. The molecule has 2 rings (SSSR count). The number of aliphatic carboxylic acids is 1. The average molecular weight is 338 g/mol. The molecule has 0 unspecified atom stereocenters. The second-order valence-electron chi connectivity index (χ2n) is 7.30. The molecule has 1 saturated carbocycles. The van der Waals surface area contributed by atoms with Crippen LogP contribution in [0.4, 0.5) is 0 Å². The Hall–Kier alpha value is -1.43. The van der Waals surface area contributed by atoms with Gasteiger partial charge in [0.2, 0.25) is 5.91 Å². The lowest BCUT2D eigenvalue weighted by Crippen LogP contribution is -2.35. The van der Waals surface area contributed by atoms with Gasteiger partial charge in [-0.2, -0.15) is 0 Å². The number of thiazole rings is 1. The van der Waals surface area contributed by atoms with E-state index in [9.17, 15) is 9.59 Å². The third kappa shape index (κ3) is 5.03. The highest BCUT2D eigenvalue weighted by Gasteiger charge is 2.29. The van der Waals surface area contributed by atoms with E-state index < -0.39 is 5.97 Å². The van der Waals surface area contributed by atoms with Gasteiger partial charge < -0.3 is 10.4 Å². The molecule has 6 heteroatoms. The van der Waals surface area contributed by atoms with Crippen LogP contribution in [0.3, 0.4) is 0 Å². The zero-order valence-electron chi connectivity index (χ0n) is 14.1. The first-order valence-electron chi connectivity index (χ1n) is 8.23. The fourth-order valence-corrected chi connectivity index (χ4v) is 3.83. The Balaban J connectivity index is 1.73. The molecule has 2 N–H and O–H groups in total. The highest BCUT2D eigenvalue weighted by molar-refractivity contribution is 7.09. The van der Waals surface area contributed by atoms with Crippen LogP contribution in [0.15, 0.2) is 5.38 Å². The molecular formula is C17H26N2O3S. The van der Waals surface area contributed by atoms with Crippen molar-refractivity contribution in [2.24, 2.45) is 11.8 Å². The van der Waals surface area contributed by atoms with Crippen LogP contribution < -0.4 is 5.32 Å². The highest BCUT2D eigenvalue weighted by atomic mass is 32.1. The molecule has 0 aromatic carbocycles. The molecule has 1 aliphatic carbocycles. The average Bonchev–Trinajstić information content (AvgIpc) is 2.96. The van der Waals surface area contributed by atoms with E-state index in [1.165, 1.54) is 0 Å². The quantitative estimate of drug-likeness (QED) is 0.865. The fourth-order valence-electron chi connectivity index (χ4n) is 2.81. The summed E-state index contributed by atoms with van der Waals surface area (Å²) in [6, 6.07) is 0. The summed E-state index contributed by atoms with van der Waals surface area (Å²) in [7, 11) is 0. The predicted octanol–water partition coefficient (Wildman–Crippen LogP) is 2.99. The molecule has 0 bridgehead atoms. The number of rotatable bonds is 5. The molecule has 0 spiro atoms. The van der Waals surface area contributed by atoms with Crippen molar-refractivity contribution in [3.63, 3.8) is 0 Å². The van der Waals surface area contributed by atoms with Crippen LogP contribution in [0.25, 0.3) is 0 Å². The minimum atomic E-state index is -0.734. The number of carbonyl (C=O) groups excluding carboxylic acids is 1. The van der Waals surface area contributed by atoms with Gasteiger partial charge in [-0.05, 0) is 25.7 Å². The van der Waals surface area contributed by atoms with Crippen molar-refractivity contribution in [1.82, 2.24) is 10.3 Å². The third-order valence-corrected chi connectivity index (χ3v) is 5.31. The lowest BCUT2D eigenvalue weighted by molar-refractivity contribution is -0.144. The van der Waals surface area contributed by atoms with Gasteiger partial charge in [0.25, 0.3) is 0 Å². The number of carboxylic acids is 1. The Bertz CT molecular complexity index is 554. The van der Waals surface area contributed by atoms with Gasteiger partial charge in [0.15, 0.2) is 0 Å². The van der Waals surface area contributed by atoms with Crippen LogP contribution in [0.2, 0.25) is 0 Å². The largest absolute Gasteiger partial charge is 0.481 e. The monoisotopic (exact) mass is 338 g/mol. The van der Waals surface area contributed by atoms with Crippen molar-refractivity contribution < 1.29 is 14.7 Å². The summed E-state index contributed by atoms with van der Waals surface area (Å²) in [5, 5.41) is 15.1. The van der Waals surface area contributed by atoms with E-state index in [0.29, 0.717) is 32.2 Å². The van der Waals surface area contributed by atoms with E-state index in [0.717, 1.165) is 17.1 Å². The first-order valence-corrected chi connectivity index (χ1v) is 9.10. The maximum absolute atomic E-state index is 12.2. The van der Waals surface area contributed by atoms with E-state index in [2.05, 4.69) is 36.5 Å². The molecule has 128 valence electrons. The Morgan fingerprint density at radius 2 is 1.87 bits per heavy atom. The van der Waals surface area contributed by atoms with Gasteiger partial charge in [0.05, 0.1) is 16.6 Å². The molecule has 0 saturated heterocycles. The molecule has 1 aromatic heterocycles. The minimum Gasteiger partial charge on any atom is -0.481 e. The Morgan fingerprint density at radius 3 is 2.39 bits per heavy atom. The zero-order valence-corrected chi connectivity index (χ0v) is 14.9. The van der Waals surface area contributed by atoms with Gasteiger partial charge in [0.1, 0.15) is 0 Å². The van der Waals surface area contributed by atoms with Gasteiger partial charge in [-0.3, -0.25) is 9.59 Å². The highest BCUT2D eigenvalue weighted by Crippen LogP contribution is 2.29. The van der Waals surface area contributed by atoms with Crippen LogP contribution in [-0.2, 0) is 21.4 Å². The number of nitrogens with zero attached hydrogens (tertiary/aromatic N) is 1. The summed E-state index contributed by atoms with van der Waals surface area (Å²) in [6.45, 7) is 7.01. The first-order chi connectivity index (χ1) is 10.8. The number of nitrogens with one attached hydrogen (secondary N) is 1. The normalized spacial score (nSPS) is 21.9. The lowest BCUT2D eigenvalue weighted by atomic mass is 9.81. The number of hydrogen-bond donors (Lipinski definition) is 2. The summed E-state index contributed by atoms with van der Waals surface area (Å²) in [4.78, 5) is 27.7. The summed E-state index contributed by atoms with van der Waals surface area (Å²) >= 11 is 1.64. The van der Waals surface area contributed by atoms with Crippen molar-refractivity contribution in [3.05, 3.63) is 16.1 Å². The van der Waals surface area contributed by atoms with Crippen molar-refractivity contribution in [3.8, 4) is 0 Å². The zero-order chi connectivity index (χ0) is 17.0. The van der Waals surface area contributed by atoms with Crippen molar-refractivity contribution in [2.45, 2.75) is 58.3 Å². The minimum absolute atomic E-state index is 0.0352. The third-order valence-electron chi connectivity index (χ3n) is 4.41. The van der Waals surface area contributed by atoms with Gasteiger partial charge in [-0.25, -0.2) is 4.98 Å². The smallest absolute Gasteiger partial charge is 0.306 e. The molecule has 1 fully saturated rings. The van der Waals surface area contributed by atoms with Crippen molar-refractivity contribution in [1.29, 1.82) is 0 Å². The Kier molecular flexibility index (Phi) is 5.79. The summed E-state index contributed by atoms with van der Waals surface area (Å²) in [5.74, 6) is -0.985. The molecule has 0 radical (unpaired) electrons. The van der Waals surface area contributed by atoms with Gasteiger partial charge in [-0.15, -0.1) is 11.3 Å². The summed E-state index contributed by atoms with van der Waals surface area (Å²) in [6.07, 6.45) is 3.31. The van der Waals surface area contributed by atoms with Crippen LogP contribution in [0.1, 0.15) is 57.2 Å². The summed E-state index contributed by atoms with van der Waals surface area (Å²) in [5.41, 5.74) is 1.15. The van der Waals surface area contributed by atoms with Crippen LogP contribution in [0, 0.1) is 11.8 Å². The second kappa shape index (κ2) is 7.43. The van der Waals surface area contributed by atoms with Crippen LogP contribution in [0.5, 0.6) is 0 Å². The molecule has 0 atom stereocenters. The van der Waals surface area contributed by atoms with E-state index in [-0.39, 0.29) is 23.2 Å². The predicted molar refractivity (Wildman–Crippen MR) is 90.6 cm³/mol. The fraction of sp³-hybridized carbons (Fsp3) is 0.706. The molecule has 5 nitrogen and oxygen atoms in total. The van der Waals surface area contributed by atoms with E-state index >= 15 is 0 Å². The van der Waals surface area contributed by atoms with E-state index in [1.54, 1.807) is 11.3 Å². The summed E-state index contributed by atoms with van der Waals surface area (Å²) < 4.78 is 0. The van der Waals surface area contributed by atoms with E-state index in [4.69, 9.17) is 5.11 Å². The van der Waals surface area contributed by atoms with Gasteiger partial charge >= 0.3 is 5.97 Å². The Labute approximate surface area is 141 Å². The Morgan fingerprint density at radius 1 is 1.26 bits per heavy atom. The molecule has 1 heterocycles. The number of amides is 1. The van der Waals surface area contributed by atoms with Gasteiger partial charge in [-0.1, -0.05) is 20.8 Å². The number of carbonyl (C=O) groups is 2. The maximum atomic E-state index is 12.2.